The first kappa shape index (κ1) is 21.6. The van der Waals surface area contributed by atoms with Crippen molar-refractivity contribution in [1.29, 1.82) is 5.26 Å². The lowest BCUT2D eigenvalue weighted by molar-refractivity contribution is -0.385. The summed E-state index contributed by atoms with van der Waals surface area (Å²) in [6, 6.07) is 19.7. The van der Waals surface area contributed by atoms with Gasteiger partial charge in [0.1, 0.15) is 17.4 Å². The number of hydrogen-bond donors (Lipinski definition) is 1. The number of para-hydroxylation sites is 2. The number of hydrogen-bond acceptors (Lipinski definition) is 5. The third-order valence-corrected chi connectivity index (χ3v) is 4.62. The molecule has 0 saturated carbocycles. The molecule has 0 spiro atoms. The summed E-state index contributed by atoms with van der Waals surface area (Å²) in [6.45, 7) is 1.83. The van der Waals surface area contributed by atoms with Gasteiger partial charge in [0.25, 0.3) is 5.91 Å². The Labute approximate surface area is 183 Å². The van der Waals surface area contributed by atoms with Gasteiger partial charge in [-0.05, 0) is 48.4 Å². The van der Waals surface area contributed by atoms with Crippen LogP contribution in [0.15, 0.2) is 72.3 Å². The maximum Gasteiger partial charge on any atom is 0.312 e. The van der Waals surface area contributed by atoms with Crippen LogP contribution in [0.25, 0.3) is 6.08 Å². The molecule has 0 heterocycles. The molecule has 0 atom stereocenters. The third kappa shape index (κ3) is 5.26. The topological polar surface area (TPSA) is 105 Å². The molecule has 1 amide bonds. The Balaban J connectivity index is 1.90. The first-order valence-electron chi connectivity index (χ1n) is 9.08. The molecule has 0 radical (unpaired) electrons. The second-order valence-electron chi connectivity index (χ2n) is 6.46. The van der Waals surface area contributed by atoms with Crippen LogP contribution >= 0.6 is 11.6 Å². The molecule has 0 aliphatic heterocycles. The van der Waals surface area contributed by atoms with Crippen molar-refractivity contribution in [2.24, 2.45) is 0 Å². The van der Waals surface area contributed by atoms with E-state index in [-0.39, 0.29) is 22.8 Å². The van der Waals surface area contributed by atoms with E-state index in [1.807, 2.05) is 25.1 Å². The summed E-state index contributed by atoms with van der Waals surface area (Å²) in [5.41, 5.74) is 1.19. The van der Waals surface area contributed by atoms with Gasteiger partial charge in [-0.25, -0.2) is 0 Å². The van der Waals surface area contributed by atoms with Crippen molar-refractivity contribution < 1.29 is 14.5 Å². The lowest BCUT2D eigenvalue weighted by Crippen LogP contribution is -2.14. The molecule has 0 aliphatic rings. The van der Waals surface area contributed by atoms with E-state index < -0.39 is 10.8 Å². The highest BCUT2D eigenvalue weighted by molar-refractivity contribution is 6.32. The number of nitrogens with zero attached hydrogens (tertiary/aromatic N) is 2. The normalized spacial score (nSPS) is 10.8. The van der Waals surface area contributed by atoms with Gasteiger partial charge >= 0.3 is 5.69 Å². The Bertz CT molecular complexity index is 1230. The standard InChI is InChI=1S/C23H16ClN3O4/c1-15-6-2-4-8-19(15)26-23(28)17(14-25)12-16-10-11-22(20(13-16)27(29)30)31-21-9-5-3-7-18(21)24/h2-13H,1H3,(H,26,28)/b17-12+. The Hall–Kier alpha value is -4.15. The summed E-state index contributed by atoms with van der Waals surface area (Å²) in [7, 11) is 0. The Morgan fingerprint density at radius 1 is 1.13 bits per heavy atom. The number of amides is 1. The fraction of sp³-hybridized carbons (Fsp3) is 0.0435. The zero-order valence-electron chi connectivity index (χ0n) is 16.3. The van der Waals surface area contributed by atoms with Crippen LogP contribution in [0.3, 0.4) is 0 Å². The molecule has 3 rings (SSSR count). The molecule has 3 aromatic rings. The molecule has 3 aromatic carbocycles. The van der Waals surface area contributed by atoms with Crippen LogP contribution in [0.2, 0.25) is 5.02 Å². The van der Waals surface area contributed by atoms with E-state index in [0.29, 0.717) is 16.3 Å². The number of nitro groups is 1. The van der Waals surface area contributed by atoms with Crippen LogP contribution in [0.1, 0.15) is 11.1 Å². The molecule has 0 unspecified atom stereocenters. The number of carbonyl (C=O) groups is 1. The van der Waals surface area contributed by atoms with E-state index in [0.717, 1.165) is 5.56 Å². The quantitative estimate of drug-likeness (QED) is 0.225. The molecular weight excluding hydrogens is 418 g/mol. The van der Waals surface area contributed by atoms with Gasteiger partial charge in [-0.2, -0.15) is 5.26 Å². The zero-order chi connectivity index (χ0) is 22.4. The van der Waals surface area contributed by atoms with Gasteiger partial charge in [-0.15, -0.1) is 0 Å². The highest BCUT2D eigenvalue weighted by Gasteiger charge is 2.18. The van der Waals surface area contributed by atoms with Gasteiger partial charge in [-0.3, -0.25) is 14.9 Å². The van der Waals surface area contributed by atoms with Crippen LogP contribution in [-0.4, -0.2) is 10.8 Å². The van der Waals surface area contributed by atoms with E-state index in [2.05, 4.69) is 5.32 Å². The Morgan fingerprint density at radius 3 is 2.52 bits per heavy atom. The lowest BCUT2D eigenvalue weighted by Gasteiger charge is -2.09. The number of halogens is 1. The average Bonchev–Trinajstić information content (AvgIpc) is 2.75. The second kappa shape index (κ2) is 9.57. The van der Waals surface area contributed by atoms with E-state index in [4.69, 9.17) is 16.3 Å². The summed E-state index contributed by atoms with van der Waals surface area (Å²) in [4.78, 5) is 23.4. The van der Waals surface area contributed by atoms with Gasteiger partial charge in [0.2, 0.25) is 5.75 Å². The molecule has 31 heavy (non-hydrogen) atoms. The zero-order valence-corrected chi connectivity index (χ0v) is 17.1. The minimum atomic E-state index is -0.615. The monoisotopic (exact) mass is 433 g/mol. The summed E-state index contributed by atoms with van der Waals surface area (Å²) in [5, 5.41) is 23.9. The number of carbonyl (C=O) groups excluding carboxylic acids is 1. The van der Waals surface area contributed by atoms with Crippen molar-refractivity contribution in [1.82, 2.24) is 0 Å². The summed E-state index contributed by atoms with van der Waals surface area (Å²) >= 11 is 6.05. The van der Waals surface area contributed by atoms with Crippen molar-refractivity contribution in [2.75, 3.05) is 5.32 Å². The van der Waals surface area contributed by atoms with Crippen LogP contribution in [0.4, 0.5) is 11.4 Å². The molecule has 0 saturated heterocycles. The molecule has 1 N–H and O–H groups in total. The van der Waals surface area contributed by atoms with E-state index in [1.165, 1.54) is 24.3 Å². The summed E-state index contributed by atoms with van der Waals surface area (Å²) in [6.07, 6.45) is 1.28. The minimum absolute atomic E-state index is 0.0156. The van der Waals surface area contributed by atoms with E-state index in [9.17, 15) is 20.2 Å². The van der Waals surface area contributed by atoms with Gasteiger partial charge in [-0.1, -0.05) is 48.0 Å². The van der Waals surface area contributed by atoms with Crippen molar-refractivity contribution >= 4 is 35.0 Å². The summed E-state index contributed by atoms with van der Waals surface area (Å²) < 4.78 is 5.59. The fourth-order valence-electron chi connectivity index (χ4n) is 2.72. The number of anilines is 1. The summed E-state index contributed by atoms with van der Waals surface area (Å²) in [5.74, 6) is -0.361. The SMILES string of the molecule is Cc1ccccc1NC(=O)/C(C#N)=C/c1ccc(Oc2ccccc2Cl)c([N+](=O)[O-])c1. The molecule has 0 aliphatic carbocycles. The van der Waals surface area contributed by atoms with Crippen LogP contribution in [-0.2, 0) is 4.79 Å². The van der Waals surface area contributed by atoms with Crippen LogP contribution in [0.5, 0.6) is 11.5 Å². The highest BCUT2D eigenvalue weighted by atomic mass is 35.5. The molecule has 8 heteroatoms. The molecule has 0 aromatic heterocycles. The van der Waals surface area contributed by atoms with Crippen molar-refractivity contribution in [2.45, 2.75) is 6.92 Å². The Morgan fingerprint density at radius 2 is 1.84 bits per heavy atom. The van der Waals surface area contributed by atoms with Crippen LogP contribution in [0, 0.1) is 28.4 Å². The number of ether oxygens (including phenoxy) is 1. The molecular formula is C23H16ClN3O4. The predicted octanol–water partition coefficient (Wildman–Crippen LogP) is 5.89. The maximum absolute atomic E-state index is 12.5. The predicted molar refractivity (Wildman–Crippen MR) is 118 cm³/mol. The lowest BCUT2D eigenvalue weighted by atomic mass is 10.1. The van der Waals surface area contributed by atoms with Crippen LogP contribution < -0.4 is 10.1 Å². The second-order valence-corrected chi connectivity index (χ2v) is 6.86. The minimum Gasteiger partial charge on any atom is -0.449 e. The van der Waals surface area contributed by atoms with Gasteiger partial charge in [0.05, 0.1) is 9.95 Å². The number of nitro benzene ring substituents is 1. The number of rotatable bonds is 6. The van der Waals surface area contributed by atoms with Gasteiger partial charge in [0.15, 0.2) is 0 Å². The molecule has 7 nitrogen and oxygen atoms in total. The number of nitriles is 1. The smallest absolute Gasteiger partial charge is 0.312 e. The van der Waals surface area contributed by atoms with E-state index >= 15 is 0 Å². The average molecular weight is 434 g/mol. The first-order chi connectivity index (χ1) is 14.9. The maximum atomic E-state index is 12.5. The first-order valence-corrected chi connectivity index (χ1v) is 9.46. The van der Waals surface area contributed by atoms with E-state index in [1.54, 1.807) is 36.4 Å². The number of aryl methyl sites for hydroxylation is 1. The van der Waals surface area contributed by atoms with Gasteiger partial charge < -0.3 is 10.1 Å². The van der Waals surface area contributed by atoms with Crippen molar-refractivity contribution in [3.05, 3.63) is 98.6 Å². The molecule has 0 fully saturated rings. The largest absolute Gasteiger partial charge is 0.449 e. The van der Waals surface area contributed by atoms with Crippen molar-refractivity contribution in [3.8, 4) is 17.6 Å². The van der Waals surface area contributed by atoms with Crippen molar-refractivity contribution in [3.63, 3.8) is 0 Å². The highest BCUT2D eigenvalue weighted by Crippen LogP contribution is 2.35. The number of benzene rings is 3. The number of nitrogens with one attached hydrogen (secondary N) is 1. The molecule has 154 valence electrons. The fourth-order valence-corrected chi connectivity index (χ4v) is 2.89. The Kier molecular flexibility index (Phi) is 6.65. The van der Waals surface area contributed by atoms with Gasteiger partial charge in [0, 0.05) is 11.8 Å². The third-order valence-electron chi connectivity index (χ3n) is 4.31. The molecule has 0 bridgehead atoms.